The number of carbonyl (C=O) groups excluding carboxylic acids is 3. The van der Waals surface area contributed by atoms with Gasteiger partial charge >= 0.3 is 17.9 Å². The number of benzene rings is 1. The Morgan fingerprint density at radius 1 is 1.00 bits per heavy atom. The highest BCUT2D eigenvalue weighted by atomic mass is 16.6. The van der Waals surface area contributed by atoms with E-state index in [-0.39, 0.29) is 19.2 Å². The monoisotopic (exact) mass is 392 g/mol. The first-order valence-electron chi connectivity index (χ1n) is 9.28. The van der Waals surface area contributed by atoms with E-state index >= 15 is 0 Å². The summed E-state index contributed by atoms with van der Waals surface area (Å²) >= 11 is 0. The molecule has 0 radical (unpaired) electrons. The minimum Gasteiger partial charge on any atom is -0.465 e. The van der Waals surface area contributed by atoms with E-state index in [2.05, 4.69) is 9.89 Å². The minimum absolute atomic E-state index is 0.164. The Kier molecular flexibility index (Phi) is 10.3. The Morgan fingerprint density at radius 2 is 1.57 bits per heavy atom. The SMILES string of the molecule is CCOC(=O)C(C=Nc1ccc(N(CC)CCOC(C)=O)cc1)C(=O)OCC. The number of esters is 3. The van der Waals surface area contributed by atoms with E-state index in [4.69, 9.17) is 14.2 Å². The molecular formula is C20H28N2O6. The average Bonchev–Trinajstić information content (AvgIpc) is 2.66. The van der Waals surface area contributed by atoms with Crippen molar-refractivity contribution in [1.82, 2.24) is 0 Å². The van der Waals surface area contributed by atoms with Gasteiger partial charge < -0.3 is 19.1 Å². The second kappa shape index (κ2) is 12.5. The lowest BCUT2D eigenvalue weighted by atomic mass is 10.1. The van der Waals surface area contributed by atoms with Gasteiger partial charge in [0.1, 0.15) is 6.61 Å². The van der Waals surface area contributed by atoms with Crippen molar-refractivity contribution < 1.29 is 28.6 Å². The normalized spacial score (nSPS) is 10.8. The first kappa shape index (κ1) is 23.1. The van der Waals surface area contributed by atoms with Gasteiger partial charge in [0.25, 0.3) is 0 Å². The van der Waals surface area contributed by atoms with Crippen LogP contribution < -0.4 is 4.90 Å². The fraction of sp³-hybridized carbons (Fsp3) is 0.500. The van der Waals surface area contributed by atoms with E-state index in [1.807, 2.05) is 19.1 Å². The highest BCUT2D eigenvalue weighted by Crippen LogP contribution is 2.20. The summed E-state index contributed by atoms with van der Waals surface area (Å²) in [5.41, 5.74) is 1.53. The second-order valence-electron chi connectivity index (χ2n) is 5.70. The Hall–Kier alpha value is -2.90. The third kappa shape index (κ3) is 7.77. The molecule has 154 valence electrons. The molecule has 0 bridgehead atoms. The van der Waals surface area contributed by atoms with Crippen LogP contribution in [0.3, 0.4) is 0 Å². The van der Waals surface area contributed by atoms with Crippen molar-refractivity contribution >= 4 is 35.5 Å². The van der Waals surface area contributed by atoms with Crippen LogP contribution in [0.5, 0.6) is 0 Å². The summed E-state index contributed by atoms with van der Waals surface area (Å²) in [6, 6.07) is 7.28. The fourth-order valence-electron chi connectivity index (χ4n) is 2.36. The van der Waals surface area contributed by atoms with Crippen LogP contribution in [0.15, 0.2) is 29.3 Å². The Labute approximate surface area is 165 Å². The molecule has 0 spiro atoms. The van der Waals surface area contributed by atoms with Crippen molar-refractivity contribution in [1.29, 1.82) is 0 Å². The largest absolute Gasteiger partial charge is 0.465 e. The zero-order valence-corrected chi connectivity index (χ0v) is 16.8. The molecule has 0 aliphatic heterocycles. The minimum atomic E-state index is -1.20. The van der Waals surface area contributed by atoms with Crippen molar-refractivity contribution in [3.8, 4) is 0 Å². The van der Waals surface area contributed by atoms with Gasteiger partial charge in [-0.05, 0) is 45.0 Å². The summed E-state index contributed by atoms with van der Waals surface area (Å²) in [5.74, 6) is -2.89. The van der Waals surface area contributed by atoms with Crippen LogP contribution >= 0.6 is 0 Å². The maximum atomic E-state index is 12.0. The standard InChI is InChI=1S/C20H28N2O6/c1-5-22(12-13-28-15(4)23)17-10-8-16(9-11-17)21-14-18(19(24)26-6-2)20(25)27-7-3/h8-11,14,18H,5-7,12-13H2,1-4H3. The molecule has 0 aliphatic carbocycles. The van der Waals surface area contributed by atoms with E-state index in [0.717, 1.165) is 12.2 Å². The predicted octanol–water partition coefficient (Wildman–Crippen LogP) is 2.52. The van der Waals surface area contributed by atoms with Gasteiger partial charge in [-0.2, -0.15) is 0 Å². The molecule has 28 heavy (non-hydrogen) atoms. The lowest BCUT2D eigenvalue weighted by molar-refractivity contribution is -0.157. The fourth-order valence-corrected chi connectivity index (χ4v) is 2.36. The lowest BCUT2D eigenvalue weighted by Crippen LogP contribution is -2.29. The Bertz CT molecular complexity index is 654. The van der Waals surface area contributed by atoms with Crippen molar-refractivity contribution in [2.45, 2.75) is 27.7 Å². The van der Waals surface area contributed by atoms with Crippen LogP contribution in [0.2, 0.25) is 0 Å². The second-order valence-corrected chi connectivity index (χ2v) is 5.70. The topological polar surface area (TPSA) is 94.5 Å². The molecule has 8 heteroatoms. The molecule has 0 N–H and O–H groups in total. The Balaban J connectivity index is 2.82. The maximum absolute atomic E-state index is 12.0. The van der Waals surface area contributed by atoms with Crippen LogP contribution in [-0.4, -0.2) is 57.0 Å². The third-order valence-corrected chi connectivity index (χ3v) is 3.72. The van der Waals surface area contributed by atoms with Crippen molar-refractivity contribution in [2.75, 3.05) is 37.8 Å². The van der Waals surface area contributed by atoms with Crippen LogP contribution in [0.1, 0.15) is 27.7 Å². The number of anilines is 1. The maximum Gasteiger partial charge on any atom is 0.325 e. The number of carbonyl (C=O) groups is 3. The molecule has 0 saturated carbocycles. The predicted molar refractivity (Wildman–Crippen MR) is 106 cm³/mol. The van der Waals surface area contributed by atoms with Crippen LogP contribution in [0, 0.1) is 5.92 Å². The summed E-state index contributed by atoms with van der Waals surface area (Å²) in [5, 5.41) is 0. The number of hydrogen-bond donors (Lipinski definition) is 0. The number of nitrogens with zero attached hydrogens (tertiary/aromatic N) is 2. The third-order valence-electron chi connectivity index (χ3n) is 3.72. The number of ether oxygens (including phenoxy) is 3. The van der Waals surface area contributed by atoms with E-state index in [1.54, 1.807) is 26.0 Å². The van der Waals surface area contributed by atoms with E-state index in [0.29, 0.717) is 18.8 Å². The van der Waals surface area contributed by atoms with E-state index in [1.165, 1.54) is 13.1 Å². The van der Waals surface area contributed by atoms with E-state index < -0.39 is 17.9 Å². The highest BCUT2D eigenvalue weighted by Gasteiger charge is 2.27. The smallest absolute Gasteiger partial charge is 0.325 e. The van der Waals surface area contributed by atoms with Crippen molar-refractivity contribution in [3.05, 3.63) is 24.3 Å². The Morgan fingerprint density at radius 3 is 2.04 bits per heavy atom. The summed E-state index contributed by atoms with van der Waals surface area (Å²) in [6.45, 7) is 8.67. The van der Waals surface area contributed by atoms with Gasteiger partial charge in [0.05, 0.1) is 25.4 Å². The summed E-state index contributed by atoms with van der Waals surface area (Å²) in [4.78, 5) is 41.0. The lowest BCUT2D eigenvalue weighted by Gasteiger charge is -2.22. The molecule has 0 unspecified atom stereocenters. The van der Waals surface area contributed by atoms with Gasteiger partial charge in [0.15, 0.2) is 5.92 Å². The summed E-state index contributed by atoms with van der Waals surface area (Å²) < 4.78 is 14.8. The summed E-state index contributed by atoms with van der Waals surface area (Å²) in [6.07, 6.45) is 1.24. The number of rotatable bonds is 11. The van der Waals surface area contributed by atoms with Crippen molar-refractivity contribution in [3.63, 3.8) is 0 Å². The van der Waals surface area contributed by atoms with Crippen LogP contribution in [0.25, 0.3) is 0 Å². The van der Waals surface area contributed by atoms with Gasteiger partial charge in [0.2, 0.25) is 0 Å². The molecule has 0 aliphatic rings. The number of aliphatic imine (C=N–C) groups is 1. The highest BCUT2D eigenvalue weighted by molar-refractivity contribution is 6.09. The molecule has 0 saturated heterocycles. The van der Waals surface area contributed by atoms with Gasteiger partial charge in [-0.1, -0.05) is 0 Å². The molecule has 0 aromatic heterocycles. The zero-order chi connectivity index (χ0) is 20.9. The first-order valence-corrected chi connectivity index (χ1v) is 9.28. The molecule has 8 nitrogen and oxygen atoms in total. The van der Waals surface area contributed by atoms with Gasteiger partial charge in [-0.25, -0.2) is 0 Å². The van der Waals surface area contributed by atoms with Crippen LogP contribution in [-0.2, 0) is 28.6 Å². The van der Waals surface area contributed by atoms with E-state index in [9.17, 15) is 14.4 Å². The average molecular weight is 392 g/mol. The molecular weight excluding hydrogens is 364 g/mol. The summed E-state index contributed by atoms with van der Waals surface area (Å²) in [7, 11) is 0. The molecule has 1 aromatic rings. The van der Waals surface area contributed by atoms with Crippen LogP contribution in [0.4, 0.5) is 11.4 Å². The molecule has 1 rings (SSSR count). The number of likely N-dealkylation sites (N-methyl/N-ethyl adjacent to an activating group) is 1. The molecule has 0 heterocycles. The molecule has 0 amide bonds. The molecule has 0 fully saturated rings. The van der Waals surface area contributed by atoms with Crippen molar-refractivity contribution in [2.24, 2.45) is 10.9 Å². The number of hydrogen-bond acceptors (Lipinski definition) is 8. The zero-order valence-electron chi connectivity index (χ0n) is 16.8. The van der Waals surface area contributed by atoms with Gasteiger partial charge in [-0.15, -0.1) is 0 Å². The van der Waals surface area contributed by atoms with Gasteiger partial charge in [-0.3, -0.25) is 19.4 Å². The van der Waals surface area contributed by atoms with Gasteiger partial charge in [0, 0.05) is 25.4 Å². The first-order chi connectivity index (χ1) is 13.4. The molecule has 1 aromatic carbocycles. The quantitative estimate of drug-likeness (QED) is 0.247. The molecule has 0 atom stereocenters.